The summed E-state index contributed by atoms with van der Waals surface area (Å²) in [6.45, 7) is 0.0919. The highest BCUT2D eigenvalue weighted by Crippen LogP contribution is 2.22. The molecule has 2 rings (SSSR count). The van der Waals surface area contributed by atoms with E-state index < -0.39 is 0 Å². The second-order valence-corrected chi connectivity index (χ2v) is 4.27. The maximum absolute atomic E-state index is 11.8. The molecule has 1 heterocycles. The number of amides is 2. The lowest BCUT2D eigenvalue weighted by Crippen LogP contribution is -2.29. The molecule has 0 spiro atoms. The fourth-order valence-corrected chi connectivity index (χ4v) is 1.70. The highest BCUT2D eigenvalue weighted by molar-refractivity contribution is 6.55. The molecular weight excluding hydrogens is 249 g/mol. The second kappa shape index (κ2) is 4.28. The number of imide groups is 1. The minimum atomic E-state index is -0.313. The molecule has 0 unspecified atom stereocenters. The first-order valence-electron chi connectivity index (χ1n) is 4.57. The molecule has 1 aromatic rings. The summed E-state index contributed by atoms with van der Waals surface area (Å²) in [5, 5.41) is 0. The van der Waals surface area contributed by atoms with Crippen molar-refractivity contribution >= 4 is 35.0 Å². The Labute approximate surface area is 102 Å². The first-order valence-corrected chi connectivity index (χ1v) is 5.33. The molecule has 1 aliphatic rings. The second-order valence-electron chi connectivity index (χ2n) is 3.26. The highest BCUT2D eigenvalue weighted by atomic mass is 35.5. The predicted molar refractivity (Wildman–Crippen MR) is 61.6 cm³/mol. The van der Waals surface area contributed by atoms with Crippen LogP contribution < -0.4 is 0 Å². The Morgan fingerprint density at radius 2 is 1.62 bits per heavy atom. The van der Waals surface area contributed by atoms with E-state index in [-0.39, 0.29) is 22.9 Å². The van der Waals surface area contributed by atoms with Gasteiger partial charge in [-0.25, -0.2) is 0 Å². The number of carbonyl (C=O) groups excluding carboxylic acids is 2. The van der Waals surface area contributed by atoms with Crippen LogP contribution in [0.25, 0.3) is 0 Å². The van der Waals surface area contributed by atoms with Gasteiger partial charge < -0.3 is 0 Å². The van der Waals surface area contributed by atoms with Gasteiger partial charge in [-0.1, -0.05) is 35.3 Å². The number of halogens is 2. The zero-order valence-electron chi connectivity index (χ0n) is 8.11. The molecular formula is C11H7Cl2NO2. The molecule has 1 aliphatic heterocycles. The summed E-state index contributed by atoms with van der Waals surface area (Å²) in [5.41, 5.74) is 0.846. The molecule has 82 valence electrons. The van der Waals surface area contributed by atoms with Crippen LogP contribution in [0.2, 0.25) is 0 Å². The minimum absolute atomic E-state index is 0.0385. The van der Waals surface area contributed by atoms with E-state index in [1.807, 2.05) is 0 Å². The van der Waals surface area contributed by atoms with Crippen molar-refractivity contribution in [3.8, 4) is 0 Å². The third-order valence-corrected chi connectivity index (χ3v) is 2.61. The lowest BCUT2D eigenvalue weighted by atomic mass is 10.1. The Morgan fingerprint density at radius 3 is 2.06 bits per heavy atom. The maximum Gasteiger partial charge on any atom is 0.261 e. The van der Waals surface area contributed by atoms with E-state index in [0.717, 1.165) is 4.90 Å². The van der Waals surface area contributed by atoms with E-state index in [2.05, 4.69) is 0 Å². The average molecular weight is 256 g/mol. The van der Waals surface area contributed by atoms with Gasteiger partial charge in [-0.3, -0.25) is 14.5 Å². The predicted octanol–water partition coefficient (Wildman–Crippen LogP) is 2.60. The van der Waals surface area contributed by atoms with E-state index in [1.165, 1.54) is 6.08 Å². The summed E-state index contributed by atoms with van der Waals surface area (Å²) in [6.07, 6.45) is 1.41. The molecule has 0 radical (unpaired) electrons. The van der Waals surface area contributed by atoms with Crippen LogP contribution in [0.15, 0.2) is 34.8 Å². The van der Waals surface area contributed by atoms with Gasteiger partial charge >= 0.3 is 0 Å². The Balaban J connectivity index is 2.32. The lowest BCUT2D eigenvalue weighted by Gasteiger charge is -2.10. The molecule has 16 heavy (non-hydrogen) atoms. The van der Waals surface area contributed by atoms with Gasteiger partial charge in [0, 0.05) is 6.54 Å². The van der Waals surface area contributed by atoms with Gasteiger partial charge in [0.1, 0.15) is 4.49 Å². The van der Waals surface area contributed by atoms with Crippen LogP contribution in [0.3, 0.4) is 0 Å². The van der Waals surface area contributed by atoms with Crippen molar-refractivity contribution in [3.05, 3.63) is 46.0 Å². The van der Waals surface area contributed by atoms with Gasteiger partial charge in [0.25, 0.3) is 11.8 Å². The number of hydrogen-bond acceptors (Lipinski definition) is 2. The van der Waals surface area contributed by atoms with Gasteiger partial charge in [-0.05, 0) is 18.2 Å². The van der Waals surface area contributed by atoms with E-state index in [9.17, 15) is 9.59 Å². The van der Waals surface area contributed by atoms with Crippen LogP contribution in [0.4, 0.5) is 0 Å². The molecule has 3 nitrogen and oxygen atoms in total. The zero-order valence-corrected chi connectivity index (χ0v) is 9.63. The van der Waals surface area contributed by atoms with Crippen LogP contribution >= 0.6 is 23.2 Å². The summed E-state index contributed by atoms with van der Waals surface area (Å²) in [7, 11) is 0. The van der Waals surface area contributed by atoms with Crippen molar-refractivity contribution < 1.29 is 9.59 Å². The van der Waals surface area contributed by atoms with Gasteiger partial charge in [0.15, 0.2) is 0 Å². The summed E-state index contributed by atoms with van der Waals surface area (Å²) in [6, 6.07) is 6.69. The van der Waals surface area contributed by atoms with Crippen molar-refractivity contribution in [1.82, 2.24) is 4.90 Å². The highest BCUT2D eigenvalue weighted by Gasteiger charge is 2.34. The molecule has 0 fully saturated rings. The first kappa shape index (κ1) is 11.2. The summed E-state index contributed by atoms with van der Waals surface area (Å²) in [5.74, 6) is -0.627. The van der Waals surface area contributed by atoms with Crippen LogP contribution in [0, 0.1) is 0 Å². The monoisotopic (exact) mass is 255 g/mol. The third kappa shape index (κ3) is 1.84. The quantitative estimate of drug-likeness (QED) is 0.762. The minimum Gasteiger partial charge on any atom is -0.270 e. The topological polar surface area (TPSA) is 37.4 Å². The van der Waals surface area contributed by atoms with Crippen LogP contribution in [0.1, 0.15) is 20.7 Å². The van der Waals surface area contributed by atoms with Crippen LogP contribution in [-0.4, -0.2) is 23.3 Å². The van der Waals surface area contributed by atoms with Crippen molar-refractivity contribution in [2.75, 3.05) is 6.54 Å². The summed E-state index contributed by atoms with van der Waals surface area (Å²) < 4.78 is 0.0385. The van der Waals surface area contributed by atoms with Gasteiger partial charge in [0.2, 0.25) is 0 Å². The molecule has 0 N–H and O–H groups in total. The average Bonchev–Trinajstić information content (AvgIpc) is 2.50. The molecule has 0 saturated carbocycles. The van der Waals surface area contributed by atoms with Crippen LogP contribution in [0.5, 0.6) is 0 Å². The van der Waals surface area contributed by atoms with E-state index in [1.54, 1.807) is 24.3 Å². The van der Waals surface area contributed by atoms with Crippen LogP contribution in [-0.2, 0) is 0 Å². The maximum atomic E-state index is 11.8. The standard InChI is InChI=1S/C11H7Cl2NO2/c12-9(13)5-6-14-10(15)7-3-1-2-4-8(7)11(14)16/h1-5H,6H2. The zero-order chi connectivity index (χ0) is 11.7. The van der Waals surface area contributed by atoms with E-state index in [0.29, 0.717) is 11.1 Å². The smallest absolute Gasteiger partial charge is 0.261 e. The molecule has 2 amide bonds. The van der Waals surface area contributed by atoms with E-state index >= 15 is 0 Å². The number of rotatable bonds is 2. The van der Waals surface area contributed by atoms with Gasteiger partial charge in [-0.15, -0.1) is 0 Å². The normalized spacial score (nSPS) is 14.0. The van der Waals surface area contributed by atoms with Gasteiger partial charge in [0.05, 0.1) is 11.1 Å². The molecule has 0 saturated heterocycles. The van der Waals surface area contributed by atoms with Crippen molar-refractivity contribution in [2.24, 2.45) is 0 Å². The molecule has 5 heteroatoms. The SMILES string of the molecule is O=C1c2ccccc2C(=O)N1CC=C(Cl)Cl. The molecule has 0 aromatic heterocycles. The Hall–Kier alpha value is -1.32. The fraction of sp³-hybridized carbons (Fsp3) is 0.0909. The molecule has 0 atom stereocenters. The molecule has 1 aromatic carbocycles. The van der Waals surface area contributed by atoms with Crippen molar-refractivity contribution in [1.29, 1.82) is 0 Å². The Bertz CT molecular complexity index is 458. The van der Waals surface area contributed by atoms with E-state index in [4.69, 9.17) is 23.2 Å². The number of fused-ring (bicyclic) bond motifs is 1. The Morgan fingerprint density at radius 1 is 1.12 bits per heavy atom. The number of carbonyl (C=O) groups is 2. The molecule has 0 aliphatic carbocycles. The van der Waals surface area contributed by atoms with Gasteiger partial charge in [-0.2, -0.15) is 0 Å². The first-order chi connectivity index (χ1) is 7.61. The largest absolute Gasteiger partial charge is 0.270 e. The van der Waals surface area contributed by atoms with Crippen molar-refractivity contribution in [3.63, 3.8) is 0 Å². The fourth-order valence-electron chi connectivity index (χ4n) is 1.57. The number of benzene rings is 1. The summed E-state index contributed by atoms with van der Waals surface area (Å²) in [4.78, 5) is 24.7. The molecule has 0 bridgehead atoms. The number of nitrogens with zero attached hydrogens (tertiary/aromatic N) is 1. The van der Waals surface area contributed by atoms with Crippen molar-refractivity contribution in [2.45, 2.75) is 0 Å². The number of hydrogen-bond donors (Lipinski definition) is 0. The summed E-state index contributed by atoms with van der Waals surface area (Å²) >= 11 is 10.9. The lowest BCUT2D eigenvalue weighted by molar-refractivity contribution is 0.0672. The Kier molecular flexibility index (Phi) is 2.99. The third-order valence-electron chi connectivity index (χ3n) is 2.31.